The summed E-state index contributed by atoms with van der Waals surface area (Å²) in [5.74, 6) is -0.762. The van der Waals surface area contributed by atoms with E-state index in [2.05, 4.69) is 39.8 Å². The predicted molar refractivity (Wildman–Crippen MR) is 80.0 cm³/mol. The lowest BCUT2D eigenvalue weighted by Gasteiger charge is -2.17. The second-order valence-corrected chi connectivity index (χ2v) is 5.78. The first-order valence-electron chi connectivity index (χ1n) is 6.99. The Morgan fingerprint density at radius 2 is 1.20 bits per heavy atom. The fourth-order valence-electron chi connectivity index (χ4n) is 2.46. The van der Waals surface area contributed by atoms with Crippen molar-refractivity contribution in [2.24, 2.45) is 0 Å². The Balaban J connectivity index is 2.53. The molecule has 0 fully saturated rings. The van der Waals surface area contributed by atoms with Crippen LogP contribution in [0.2, 0.25) is 0 Å². The van der Waals surface area contributed by atoms with E-state index >= 15 is 0 Å². The van der Waals surface area contributed by atoms with Crippen molar-refractivity contribution < 1.29 is 8.78 Å². The van der Waals surface area contributed by atoms with Crippen LogP contribution in [0, 0.1) is 11.6 Å². The molecule has 20 heavy (non-hydrogen) atoms. The topological polar surface area (TPSA) is 0 Å². The summed E-state index contributed by atoms with van der Waals surface area (Å²) in [6, 6.07) is 10.2. The molecule has 0 aromatic heterocycles. The number of hydrogen-bond donors (Lipinski definition) is 0. The van der Waals surface area contributed by atoms with Gasteiger partial charge in [-0.15, -0.1) is 0 Å². The summed E-state index contributed by atoms with van der Waals surface area (Å²) in [4.78, 5) is 0. The average molecular weight is 274 g/mol. The third kappa shape index (κ3) is 2.90. The molecule has 0 spiro atoms. The highest BCUT2D eigenvalue weighted by Crippen LogP contribution is 2.31. The van der Waals surface area contributed by atoms with Gasteiger partial charge in [-0.05, 0) is 46.2 Å². The Morgan fingerprint density at radius 3 is 1.75 bits per heavy atom. The van der Waals surface area contributed by atoms with Crippen molar-refractivity contribution in [1.29, 1.82) is 0 Å². The second-order valence-electron chi connectivity index (χ2n) is 5.78. The summed E-state index contributed by atoms with van der Waals surface area (Å²) in [6.07, 6.45) is 0. The molecule has 0 saturated carbocycles. The maximum atomic E-state index is 13.4. The fourth-order valence-corrected chi connectivity index (χ4v) is 2.46. The van der Waals surface area contributed by atoms with Crippen LogP contribution in [0.3, 0.4) is 0 Å². The van der Waals surface area contributed by atoms with Crippen molar-refractivity contribution in [3.05, 3.63) is 59.2 Å². The van der Waals surface area contributed by atoms with Crippen LogP contribution in [0.1, 0.15) is 50.7 Å². The van der Waals surface area contributed by atoms with Gasteiger partial charge in [-0.3, -0.25) is 0 Å². The maximum Gasteiger partial charge on any atom is 0.159 e. The molecule has 0 N–H and O–H groups in total. The van der Waals surface area contributed by atoms with Crippen molar-refractivity contribution in [1.82, 2.24) is 0 Å². The molecule has 0 radical (unpaired) electrons. The Labute approximate surface area is 119 Å². The molecular weight excluding hydrogens is 254 g/mol. The Bertz CT molecular complexity index is 613. The number of hydrogen-bond acceptors (Lipinski definition) is 0. The Morgan fingerprint density at radius 1 is 0.650 bits per heavy atom. The smallest absolute Gasteiger partial charge is 0.159 e. The molecule has 2 rings (SSSR count). The first kappa shape index (κ1) is 14.7. The summed E-state index contributed by atoms with van der Waals surface area (Å²) in [7, 11) is 0. The van der Waals surface area contributed by atoms with Crippen LogP contribution in [0.4, 0.5) is 8.78 Å². The van der Waals surface area contributed by atoms with Gasteiger partial charge in [-0.2, -0.15) is 0 Å². The van der Waals surface area contributed by atoms with Crippen LogP contribution in [0.15, 0.2) is 36.4 Å². The molecule has 0 saturated heterocycles. The largest absolute Gasteiger partial charge is 0.204 e. The van der Waals surface area contributed by atoms with Crippen LogP contribution in [-0.2, 0) is 0 Å². The van der Waals surface area contributed by atoms with Gasteiger partial charge in [-0.1, -0.05) is 52.0 Å². The zero-order chi connectivity index (χ0) is 14.9. The SMILES string of the molecule is CC(C)c1ccc(-c2ccc(F)c(F)c2)cc1C(C)C. The Kier molecular flexibility index (Phi) is 4.22. The van der Waals surface area contributed by atoms with E-state index in [1.54, 1.807) is 6.07 Å². The van der Waals surface area contributed by atoms with E-state index in [0.29, 0.717) is 17.4 Å². The summed E-state index contributed by atoms with van der Waals surface area (Å²) >= 11 is 0. The standard InChI is InChI=1S/C18H20F2/c1-11(2)15-7-5-13(9-16(15)12(3)4)14-6-8-17(19)18(20)10-14/h5-12H,1-4H3. The predicted octanol–water partition coefficient (Wildman–Crippen LogP) is 5.88. The number of benzene rings is 2. The van der Waals surface area contributed by atoms with Gasteiger partial charge in [0.1, 0.15) is 0 Å². The van der Waals surface area contributed by atoms with E-state index in [1.807, 2.05) is 6.07 Å². The van der Waals surface area contributed by atoms with E-state index in [0.717, 1.165) is 5.56 Å². The van der Waals surface area contributed by atoms with Gasteiger partial charge in [0, 0.05) is 0 Å². The lowest BCUT2D eigenvalue weighted by molar-refractivity contribution is 0.509. The zero-order valence-corrected chi connectivity index (χ0v) is 12.4. The lowest BCUT2D eigenvalue weighted by Crippen LogP contribution is -1.99. The molecule has 2 aromatic rings. The molecule has 0 aliphatic rings. The third-order valence-electron chi connectivity index (χ3n) is 3.58. The van der Waals surface area contributed by atoms with Crippen LogP contribution in [0.5, 0.6) is 0 Å². The molecule has 2 aromatic carbocycles. The molecule has 0 aliphatic carbocycles. The van der Waals surface area contributed by atoms with Crippen molar-refractivity contribution in [3.63, 3.8) is 0 Å². The van der Waals surface area contributed by atoms with Gasteiger partial charge >= 0.3 is 0 Å². The zero-order valence-electron chi connectivity index (χ0n) is 12.4. The third-order valence-corrected chi connectivity index (χ3v) is 3.58. The minimum absolute atomic E-state index is 0.401. The molecule has 0 heterocycles. The van der Waals surface area contributed by atoms with Crippen molar-refractivity contribution in [3.8, 4) is 11.1 Å². The van der Waals surface area contributed by atoms with Crippen LogP contribution in [-0.4, -0.2) is 0 Å². The normalized spacial score (nSPS) is 11.4. The summed E-state index contributed by atoms with van der Waals surface area (Å²) in [5, 5.41) is 0. The molecule has 0 aliphatic heterocycles. The first-order chi connectivity index (χ1) is 9.40. The summed E-state index contributed by atoms with van der Waals surface area (Å²) in [5.41, 5.74) is 4.21. The van der Waals surface area contributed by atoms with Gasteiger partial charge in [0.15, 0.2) is 11.6 Å². The quantitative estimate of drug-likeness (QED) is 0.655. The molecule has 0 atom stereocenters. The molecule has 106 valence electrons. The fraction of sp³-hybridized carbons (Fsp3) is 0.333. The van der Waals surface area contributed by atoms with Crippen molar-refractivity contribution in [2.75, 3.05) is 0 Å². The highest BCUT2D eigenvalue weighted by molar-refractivity contribution is 5.65. The molecule has 0 nitrogen and oxygen atoms in total. The highest BCUT2D eigenvalue weighted by atomic mass is 19.2. The maximum absolute atomic E-state index is 13.4. The van der Waals surface area contributed by atoms with Gasteiger partial charge in [-0.25, -0.2) is 8.78 Å². The summed E-state index contributed by atoms with van der Waals surface area (Å²) < 4.78 is 26.4. The van der Waals surface area contributed by atoms with Crippen molar-refractivity contribution >= 4 is 0 Å². The molecule has 0 unspecified atom stereocenters. The Hall–Kier alpha value is -1.70. The molecule has 2 heteroatoms. The van der Waals surface area contributed by atoms with E-state index in [9.17, 15) is 8.78 Å². The van der Waals surface area contributed by atoms with E-state index in [1.165, 1.54) is 23.3 Å². The van der Waals surface area contributed by atoms with Crippen molar-refractivity contribution in [2.45, 2.75) is 39.5 Å². The van der Waals surface area contributed by atoms with E-state index in [4.69, 9.17) is 0 Å². The highest BCUT2D eigenvalue weighted by Gasteiger charge is 2.12. The van der Waals surface area contributed by atoms with Gasteiger partial charge in [0.05, 0.1) is 0 Å². The second kappa shape index (κ2) is 5.74. The van der Waals surface area contributed by atoms with Gasteiger partial charge in [0.2, 0.25) is 0 Å². The van der Waals surface area contributed by atoms with E-state index in [-0.39, 0.29) is 0 Å². The van der Waals surface area contributed by atoms with Gasteiger partial charge in [0.25, 0.3) is 0 Å². The monoisotopic (exact) mass is 274 g/mol. The first-order valence-corrected chi connectivity index (χ1v) is 6.99. The number of rotatable bonds is 3. The lowest BCUT2D eigenvalue weighted by atomic mass is 9.88. The summed E-state index contributed by atoms with van der Waals surface area (Å²) in [6.45, 7) is 8.63. The minimum Gasteiger partial charge on any atom is -0.204 e. The molecule has 0 bridgehead atoms. The van der Waals surface area contributed by atoms with E-state index < -0.39 is 11.6 Å². The van der Waals surface area contributed by atoms with Crippen LogP contribution >= 0.6 is 0 Å². The number of halogens is 2. The van der Waals surface area contributed by atoms with Gasteiger partial charge < -0.3 is 0 Å². The average Bonchev–Trinajstić information content (AvgIpc) is 2.41. The molecule has 0 amide bonds. The van der Waals surface area contributed by atoms with Crippen LogP contribution < -0.4 is 0 Å². The molecular formula is C18H20F2. The minimum atomic E-state index is -0.809. The van der Waals surface area contributed by atoms with Crippen LogP contribution in [0.25, 0.3) is 11.1 Å².